The van der Waals surface area contributed by atoms with Gasteiger partial charge in [-0.25, -0.2) is 0 Å². The van der Waals surface area contributed by atoms with Gasteiger partial charge < -0.3 is 15.5 Å². The van der Waals surface area contributed by atoms with Crippen molar-refractivity contribution < 1.29 is 9.59 Å². The summed E-state index contributed by atoms with van der Waals surface area (Å²) < 4.78 is 0. The van der Waals surface area contributed by atoms with E-state index in [1.807, 2.05) is 9.80 Å². The number of hydrogen-bond acceptors (Lipinski definition) is 3. The predicted octanol–water partition coefficient (Wildman–Crippen LogP) is 3.10. The maximum absolute atomic E-state index is 12.9. The highest BCUT2D eigenvalue weighted by atomic mass is 35.5. The first-order valence-corrected chi connectivity index (χ1v) is 9.50. The minimum Gasteiger partial charge on any atom is -0.339 e. The van der Waals surface area contributed by atoms with E-state index >= 15 is 0 Å². The average molecular weight is 400 g/mol. The van der Waals surface area contributed by atoms with Crippen LogP contribution in [0.2, 0.25) is 5.02 Å². The van der Waals surface area contributed by atoms with Gasteiger partial charge in [-0.2, -0.15) is 0 Å². The Kier molecular flexibility index (Phi) is 7.33. The van der Waals surface area contributed by atoms with E-state index in [1.165, 1.54) is 0 Å². The van der Waals surface area contributed by atoms with Gasteiger partial charge in [0.25, 0.3) is 5.91 Å². The van der Waals surface area contributed by atoms with Gasteiger partial charge in [0.05, 0.1) is 5.54 Å². The standard InChI is InChI=1S/C19H26ClN3O2.ClH/c20-16-7-4-6-15(14-16)17(24)22-10-5-11-23(13-12-22)18(25)19(21)8-2-1-3-9-19;/h4,6-7,14H,1-3,5,8-13,21H2;1H. The molecule has 26 heavy (non-hydrogen) atoms. The Morgan fingerprint density at radius 2 is 1.62 bits per heavy atom. The number of nitrogens with zero attached hydrogens (tertiary/aromatic N) is 2. The summed E-state index contributed by atoms with van der Waals surface area (Å²) in [7, 11) is 0. The van der Waals surface area contributed by atoms with Crippen LogP contribution in [0.15, 0.2) is 24.3 Å². The zero-order valence-electron chi connectivity index (χ0n) is 15.0. The van der Waals surface area contributed by atoms with Crippen molar-refractivity contribution in [2.45, 2.75) is 44.1 Å². The molecule has 1 saturated carbocycles. The summed E-state index contributed by atoms with van der Waals surface area (Å²) in [6, 6.07) is 7.00. The lowest BCUT2D eigenvalue weighted by Gasteiger charge is -2.36. The van der Waals surface area contributed by atoms with Crippen molar-refractivity contribution in [3.05, 3.63) is 34.9 Å². The highest BCUT2D eigenvalue weighted by Gasteiger charge is 2.38. The molecule has 7 heteroatoms. The molecule has 1 aliphatic carbocycles. The van der Waals surface area contributed by atoms with E-state index < -0.39 is 5.54 Å². The maximum Gasteiger partial charge on any atom is 0.253 e. The summed E-state index contributed by atoms with van der Waals surface area (Å²) in [4.78, 5) is 29.3. The second-order valence-corrected chi connectivity index (χ2v) is 7.60. The number of amides is 2. The van der Waals surface area contributed by atoms with Crippen molar-refractivity contribution in [3.63, 3.8) is 0 Å². The first kappa shape index (κ1) is 21.0. The van der Waals surface area contributed by atoms with Crippen molar-refractivity contribution >= 4 is 35.8 Å². The highest BCUT2D eigenvalue weighted by Crippen LogP contribution is 2.28. The van der Waals surface area contributed by atoms with Crippen molar-refractivity contribution in [3.8, 4) is 0 Å². The molecule has 1 saturated heterocycles. The van der Waals surface area contributed by atoms with E-state index in [0.717, 1.165) is 38.5 Å². The van der Waals surface area contributed by atoms with Gasteiger partial charge in [0.1, 0.15) is 0 Å². The van der Waals surface area contributed by atoms with Gasteiger partial charge in [0.2, 0.25) is 5.91 Å². The topological polar surface area (TPSA) is 66.6 Å². The fourth-order valence-electron chi connectivity index (χ4n) is 3.84. The fourth-order valence-corrected chi connectivity index (χ4v) is 4.03. The molecule has 0 unspecified atom stereocenters. The van der Waals surface area contributed by atoms with Crippen LogP contribution in [0.3, 0.4) is 0 Å². The zero-order chi connectivity index (χ0) is 17.9. The van der Waals surface area contributed by atoms with E-state index in [4.69, 9.17) is 17.3 Å². The van der Waals surface area contributed by atoms with Crippen LogP contribution in [0, 0.1) is 0 Å². The molecule has 3 rings (SSSR count). The second-order valence-electron chi connectivity index (χ2n) is 7.17. The van der Waals surface area contributed by atoms with Gasteiger partial charge in [-0.1, -0.05) is 36.9 Å². The van der Waals surface area contributed by atoms with Crippen LogP contribution in [0.4, 0.5) is 0 Å². The molecule has 2 aliphatic rings. The van der Waals surface area contributed by atoms with Gasteiger partial charge in [0.15, 0.2) is 0 Å². The fraction of sp³-hybridized carbons (Fsp3) is 0.579. The number of halogens is 2. The van der Waals surface area contributed by atoms with Crippen molar-refractivity contribution in [2.24, 2.45) is 5.73 Å². The molecule has 0 radical (unpaired) electrons. The SMILES string of the molecule is Cl.NC1(C(=O)N2CCCN(C(=O)c3cccc(Cl)c3)CC2)CCCCC1. The third-order valence-electron chi connectivity index (χ3n) is 5.31. The molecule has 0 spiro atoms. The van der Waals surface area contributed by atoms with E-state index in [-0.39, 0.29) is 24.2 Å². The Morgan fingerprint density at radius 3 is 2.31 bits per heavy atom. The van der Waals surface area contributed by atoms with Crippen molar-refractivity contribution in [1.82, 2.24) is 9.80 Å². The van der Waals surface area contributed by atoms with Crippen LogP contribution in [0.25, 0.3) is 0 Å². The summed E-state index contributed by atoms with van der Waals surface area (Å²) in [6.45, 7) is 2.39. The highest BCUT2D eigenvalue weighted by molar-refractivity contribution is 6.30. The average Bonchev–Trinajstić information content (AvgIpc) is 2.87. The number of carbonyl (C=O) groups is 2. The number of carbonyl (C=O) groups excluding carboxylic acids is 2. The molecule has 1 aromatic carbocycles. The smallest absolute Gasteiger partial charge is 0.253 e. The van der Waals surface area contributed by atoms with Gasteiger partial charge in [-0.05, 0) is 37.5 Å². The monoisotopic (exact) mass is 399 g/mol. The van der Waals surface area contributed by atoms with Crippen molar-refractivity contribution in [1.29, 1.82) is 0 Å². The Balaban J connectivity index is 0.00000243. The lowest BCUT2D eigenvalue weighted by Crippen LogP contribution is -2.56. The summed E-state index contributed by atoms with van der Waals surface area (Å²) in [5.41, 5.74) is 6.29. The molecule has 144 valence electrons. The lowest BCUT2D eigenvalue weighted by atomic mass is 9.81. The third-order valence-corrected chi connectivity index (χ3v) is 5.55. The van der Waals surface area contributed by atoms with E-state index in [0.29, 0.717) is 36.8 Å². The molecule has 1 aliphatic heterocycles. The van der Waals surface area contributed by atoms with E-state index in [9.17, 15) is 9.59 Å². The van der Waals surface area contributed by atoms with Crippen molar-refractivity contribution in [2.75, 3.05) is 26.2 Å². The molecule has 1 heterocycles. The molecule has 0 bridgehead atoms. The molecule has 1 aromatic rings. The summed E-state index contributed by atoms with van der Waals surface area (Å²) >= 11 is 5.99. The summed E-state index contributed by atoms with van der Waals surface area (Å²) in [5.74, 6) is 0.0289. The van der Waals surface area contributed by atoms with E-state index in [1.54, 1.807) is 24.3 Å². The Bertz CT molecular complexity index is 647. The Hall–Kier alpha value is -1.30. The number of benzene rings is 1. The van der Waals surface area contributed by atoms with Crippen LogP contribution in [-0.4, -0.2) is 53.3 Å². The van der Waals surface area contributed by atoms with Crippen LogP contribution in [0.5, 0.6) is 0 Å². The van der Waals surface area contributed by atoms with Gasteiger partial charge in [-0.3, -0.25) is 9.59 Å². The first-order valence-electron chi connectivity index (χ1n) is 9.13. The maximum atomic E-state index is 12.9. The predicted molar refractivity (Wildman–Crippen MR) is 106 cm³/mol. The third kappa shape index (κ3) is 4.70. The number of nitrogens with two attached hydrogens (primary N) is 1. The number of hydrogen-bond donors (Lipinski definition) is 1. The molecule has 0 atom stereocenters. The summed E-state index contributed by atoms with van der Waals surface area (Å²) in [5, 5.41) is 0.555. The van der Waals surface area contributed by atoms with Crippen LogP contribution < -0.4 is 5.73 Å². The van der Waals surface area contributed by atoms with Gasteiger partial charge in [-0.15, -0.1) is 12.4 Å². The Labute approximate surface area is 166 Å². The van der Waals surface area contributed by atoms with Crippen LogP contribution in [-0.2, 0) is 4.79 Å². The molecular formula is C19H27Cl2N3O2. The zero-order valence-corrected chi connectivity index (χ0v) is 16.5. The van der Waals surface area contributed by atoms with E-state index in [2.05, 4.69) is 0 Å². The first-order chi connectivity index (χ1) is 12.0. The molecule has 0 aromatic heterocycles. The summed E-state index contributed by atoms with van der Waals surface area (Å²) in [6.07, 6.45) is 5.52. The quantitative estimate of drug-likeness (QED) is 0.830. The molecule has 2 amide bonds. The number of rotatable bonds is 2. The minimum absolute atomic E-state index is 0. The minimum atomic E-state index is -0.704. The molecule has 2 N–H and O–H groups in total. The molecule has 2 fully saturated rings. The normalized spacial score (nSPS) is 20.1. The van der Waals surface area contributed by atoms with Gasteiger partial charge >= 0.3 is 0 Å². The largest absolute Gasteiger partial charge is 0.339 e. The second kappa shape index (κ2) is 9.07. The lowest BCUT2D eigenvalue weighted by molar-refractivity contribution is -0.138. The van der Waals surface area contributed by atoms with Crippen LogP contribution in [0.1, 0.15) is 48.9 Å². The Morgan fingerprint density at radius 1 is 0.962 bits per heavy atom. The van der Waals surface area contributed by atoms with Crippen LogP contribution >= 0.6 is 24.0 Å². The van der Waals surface area contributed by atoms with Gasteiger partial charge in [0, 0.05) is 36.8 Å². The molecule has 5 nitrogen and oxygen atoms in total. The molecular weight excluding hydrogens is 373 g/mol.